The molecule has 2 heterocycles. The first kappa shape index (κ1) is 14.8. The summed E-state index contributed by atoms with van der Waals surface area (Å²) in [4.78, 5) is 0. The molecule has 0 fully saturated rings. The zero-order valence-corrected chi connectivity index (χ0v) is 14.1. The largest absolute Gasteiger partial charge is 0.191 e. The van der Waals surface area contributed by atoms with Crippen LogP contribution in [0.5, 0.6) is 0 Å². The molecule has 24 heavy (non-hydrogen) atoms. The fourth-order valence-corrected chi connectivity index (χ4v) is 2.87. The lowest BCUT2D eigenvalue weighted by molar-refractivity contribution is 0.937. The van der Waals surface area contributed by atoms with E-state index >= 15 is 0 Å². The predicted octanol–water partition coefficient (Wildman–Crippen LogP) is 4.73. The van der Waals surface area contributed by atoms with Gasteiger partial charge < -0.3 is 0 Å². The molecule has 4 rings (SSSR count). The minimum atomic E-state index is 0.430. The lowest BCUT2D eigenvalue weighted by Gasteiger charge is -2.06. The molecule has 0 aliphatic heterocycles. The van der Waals surface area contributed by atoms with Crippen LogP contribution in [0.2, 0.25) is 5.15 Å². The van der Waals surface area contributed by atoms with Crippen molar-refractivity contribution in [1.29, 1.82) is 0 Å². The van der Waals surface area contributed by atoms with Crippen molar-refractivity contribution in [3.63, 3.8) is 0 Å². The Morgan fingerprint density at radius 2 is 1.38 bits per heavy atom. The van der Waals surface area contributed by atoms with E-state index in [0.717, 1.165) is 16.7 Å². The van der Waals surface area contributed by atoms with E-state index in [-0.39, 0.29) is 0 Å². The predicted molar refractivity (Wildman–Crippen MR) is 96.1 cm³/mol. The van der Waals surface area contributed by atoms with Gasteiger partial charge in [-0.15, -0.1) is 10.2 Å². The van der Waals surface area contributed by atoms with Crippen LogP contribution in [0.25, 0.3) is 28.2 Å². The first-order valence-corrected chi connectivity index (χ1v) is 8.06. The summed E-state index contributed by atoms with van der Waals surface area (Å²) in [7, 11) is 0. The highest BCUT2D eigenvalue weighted by Gasteiger charge is 2.13. The number of aromatic nitrogens is 4. The quantitative estimate of drug-likeness (QED) is 0.532. The van der Waals surface area contributed by atoms with Gasteiger partial charge in [0.25, 0.3) is 0 Å². The number of nitrogens with zero attached hydrogens (tertiary/aromatic N) is 4. The summed E-state index contributed by atoms with van der Waals surface area (Å²) < 4.78 is 1.69. The second-order valence-electron chi connectivity index (χ2n) is 5.87. The van der Waals surface area contributed by atoms with Gasteiger partial charge in [0.15, 0.2) is 16.6 Å². The lowest BCUT2D eigenvalue weighted by atomic mass is 10.1. The van der Waals surface area contributed by atoms with Gasteiger partial charge in [0.2, 0.25) is 0 Å². The summed E-state index contributed by atoms with van der Waals surface area (Å²) >= 11 is 6.43. The van der Waals surface area contributed by atoms with Crippen LogP contribution < -0.4 is 0 Å². The van der Waals surface area contributed by atoms with Gasteiger partial charge in [0, 0.05) is 11.1 Å². The summed E-state index contributed by atoms with van der Waals surface area (Å²) in [6.45, 7) is 4.11. The monoisotopic (exact) mass is 334 g/mol. The SMILES string of the molecule is Cc1ccc(-c2cc3nnc(-c4ccc(C)cc4)n3nc2Cl)cc1. The molecule has 0 unspecified atom stereocenters. The molecular weight excluding hydrogens is 320 g/mol. The number of fused-ring (bicyclic) bond motifs is 1. The second kappa shape index (κ2) is 5.73. The molecule has 0 spiro atoms. The van der Waals surface area contributed by atoms with Crippen molar-refractivity contribution >= 4 is 17.2 Å². The molecule has 0 aliphatic rings. The Hall–Kier alpha value is -2.72. The molecule has 0 bridgehead atoms. The van der Waals surface area contributed by atoms with E-state index in [9.17, 15) is 0 Å². The number of hydrogen-bond acceptors (Lipinski definition) is 3. The normalized spacial score (nSPS) is 11.1. The Morgan fingerprint density at radius 1 is 0.792 bits per heavy atom. The van der Waals surface area contributed by atoms with Crippen molar-refractivity contribution in [1.82, 2.24) is 19.8 Å². The Labute approximate surface area is 144 Å². The summed E-state index contributed by atoms with van der Waals surface area (Å²) in [5, 5.41) is 13.5. The van der Waals surface area contributed by atoms with Crippen LogP contribution in [-0.4, -0.2) is 19.8 Å². The van der Waals surface area contributed by atoms with Gasteiger partial charge in [-0.2, -0.15) is 9.61 Å². The number of rotatable bonds is 2. The van der Waals surface area contributed by atoms with Gasteiger partial charge in [-0.05, 0) is 25.5 Å². The van der Waals surface area contributed by atoms with Crippen molar-refractivity contribution < 1.29 is 0 Å². The smallest absolute Gasteiger partial charge is 0.185 e. The third-order valence-corrected chi connectivity index (χ3v) is 4.30. The van der Waals surface area contributed by atoms with Crippen molar-refractivity contribution in [2.24, 2.45) is 0 Å². The van der Waals surface area contributed by atoms with Crippen LogP contribution in [0.15, 0.2) is 54.6 Å². The van der Waals surface area contributed by atoms with Crippen LogP contribution in [0.1, 0.15) is 11.1 Å². The van der Waals surface area contributed by atoms with E-state index in [2.05, 4.69) is 41.3 Å². The minimum Gasteiger partial charge on any atom is -0.191 e. The maximum Gasteiger partial charge on any atom is 0.185 e. The number of benzene rings is 2. The van der Waals surface area contributed by atoms with E-state index in [1.54, 1.807) is 4.52 Å². The fourth-order valence-electron chi connectivity index (χ4n) is 2.63. The molecule has 0 atom stereocenters. The van der Waals surface area contributed by atoms with Crippen LogP contribution in [0, 0.1) is 13.8 Å². The summed E-state index contributed by atoms with van der Waals surface area (Å²) in [6.07, 6.45) is 0. The summed E-state index contributed by atoms with van der Waals surface area (Å²) in [5.41, 5.74) is 5.89. The molecule has 0 radical (unpaired) electrons. The lowest BCUT2D eigenvalue weighted by Crippen LogP contribution is -1.97. The molecule has 0 saturated heterocycles. The molecule has 0 amide bonds. The standard InChI is InChI=1S/C19H15ClN4/c1-12-3-7-14(8-4-12)16-11-17-21-22-19(24(17)23-18(16)20)15-9-5-13(2)6-10-15/h3-11H,1-2H3. The van der Waals surface area contributed by atoms with Gasteiger partial charge in [0.1, 0.15) is 0 Å². The number of halogens is 1. The zero-order chi connectivity index (χ0) is 16.7. The molecule has 4 aromatic rings. The van der Waals surface area contributed by atoms with Crippen LogP contribution in [0.3, 0.4) is 0 Å². The van der Waals surface area contributed by atoms with E-state index < -0.39 is 0 Å². The molecule has 4 nitrogen and oxygen atoms in total. The highest BCUT2D eigenvalue weighted by atomic mass is 35.5. The van der Waals surface area contributed by atoms with Crippen molar-refractivity contribution in [3.05, 3.63) is 70.9 Å². The molecule has 2 aromatic heterocycles. The first-order chi connectivity index (χ1) is 11.6. The fraction of sp³-hybridized carbons (Fsp3) is 0.105. The summed E-state index contributed by atoms with van der Waals surface area (Å²) in [6, 6.07) is 18.2. The summed E-state index contributed by atoms with van der Waals surface area (Å²) in [5.74, 6) is 0.683. The van der Waals surface area contributed by atoms with Crippen molar-refractivity contribution in [2.75, 3.05) is 0 Å². The second-order valence-corrected chi connectivity index (χ2v) is 6.23. The van der Waals surface area contributed by atoms with Gasteiger partial charge in [0.05, 0.1) is 0 Å². The van der Waals surface area contributed by atoms with E-state index in [1.165, 1.54) is 11.1 Å². The van der Waals surface area contributed by atoms with E-state index in [0.29, 0.717) is 16.6 Å². The van der Waals surface area contributed by atoms with Crippen molar-refractivity contribution in [3.8, 4) is 22.5 Å². The number of aryl methyl sites for hydroxylation is 2. The average Bonchev–Trinajstić information content (AvgIpc) is 2.98. The molecule has 0 N–H and O–H groups in total. The molecular formula is C19H15ClN4. The molecule has 0 aliphatic carbocycles. The minimum absolute atomic E-state index is 0.430. The van der Waals surface area contributed by atoms with Gasteiger partial charge in [-0.25, -0.2) is 0 Å². The van der Waals surface area contributed by atoms with Gasteiger partial charge in [-0.3, -0.25) is 0 Å². The Balaban J connectivity index is 1.86. The van der Waals surface area contributed by atoms with Crippen LogP contribution in [-0.2, 0) is 0 Å². The number of hydrogen-bond donors (Lipinski definition) is 0. The Bertz CT molecular complexity index is 1020. The molecule has 0 saturated carbocycles. The van der Waals surface area contributed by atoms with Crippen LogP contribution in [0.4, 0.5) is 0 Å². The topological polar surface area (TPSA) is 43.1 Å². The average molecular weight is 335 g/mol. The highest BCUT2D eigenvalue weighted by Crippen LogP contribution is 2.28. The van der Waals surface area contributed by atoms with E-state index in [1.807, 2.05) is 42.5 Å². The zero-order valence-electron chi connectivity index (χ0n) is 13.4. The third kappa shape index (κ3) is 2.55. The molecule has 118 valence electrons. The molecule has 5 heteroatoms. The van der Waals surface area contributed by atoms with Crippen molar-refractivity contribution in [2.45, 2.75) is 13.8 Å². The van der Waals surface area contributed by atoms with Gasteiger partial charge >= 0.3 is 0 Å². The first-order valence-electron chi connectivity index (χ1n) is 7.68. The maximum absolute atomic E-state index is 6.43. The highest BCUT2D eigenvalue weighted by molar-refractivity contribution is 6.32. The third-order valence-electron chi connectivity index (χ3n) is 4.02. The maximum atomic E-state index is 6.43. The van der Waals surface area contributed by atoms with E-state index in [4.69, 9.17) is 11.6 Å². The Kier molecular flexibility index (Phi) is 3.54. The van der Waals surface area contributed by atoms with Crippen LogP contribution >= 0.6 is 11.6 Å². The molecule has 2 aromatic carbocycles. The Morgan fingerprint density at radius 3 is 2.00 bits per heavy atom. The van der Waals surface area contributed by atoms with Gasteiger partial charge in [-0.1, -0.05) is 71.3 Å².